The van der Waals surface area contributed by atoms with Crippen LogP contribution in [0.2, 0.25) is 0 Å². The van der Waals surface area contributed by atoms with Crippen molar-refractivity contribution in [3.63, 3.8) is 0 Å². The molecule has 2 fully saturated rings. The van der Waals surface area contributed by atoms with E-state index in [4.69, 9.17) is 14.0 Å². The van der Waals surface area contributed by atoms with E-state index >= 15 is 0 Å². The zero-order valence-electron chi connectivity index (χ0n) is 17.4. The molecule has 0 saturated carbocycles. The first-order valence-electron chi connectivity index (χ1n) is 10.0. The van der Waals surface area contributed by atoms with E-state index in [2.05, 4.69) is 67.2 Å². The zero-order valence-corrected chi connectivity index (χ0v) is 17.4. The van der Waals surface area contributed by atoms with Crippen LogP contribution in [-0.2, 0) is 14.0 Å². The molecule has 3 heterocycles. The molecule has 150 valence electrons. The highest BCUT2D eigenvalue weighted by molar-refractivity contribution is 6.62. The lowest BCUT2D eigenvalue weighted by Crippen LogP contribution is -2.41. The molecule has 4 rings (SSSR count). The molecule has 1 aromatic carbocycles. The first kappa shape index (κ1) is 19.6. The van der Waals surface area contributed by atoms with E-state index in [-0.39, 0.29) is 24.4 Å². The Hall–Kier alpha value is -1.67. The molecule has 7 heteroatoms. The lowest BCUT2D eigenvalue weighted by atomic mass is 9.79. The molecule has 0 radical (unpaired) electrons. The molecule has 2 aliphatic rings. The second-order valence-corrected chi connectivity index (χ2v) is 8.91. The number of nitrogens with zero attached hydrogens (tertiary/aromatic N) is 1. The third-order valence-electron chi connectivity index (χ3n) is 6.30. The first-order valence-corrected chi connectivity index (χ1v) is 10.0. The summed E-state index contributed by atoms with van der Waals surface area (Å²) in [4.78, 5) is 8.07. The molecule has 0 spiro atoms. The van der Waals surface area contributed by atoms with Gasteiger partial charge in [-0.2, -0.15) is 0 Å². The first-order chi connectivity index (χ1) is 13.3. The van der Waals surface area contributed by atoms with E-state index in [9.17, 15) is 0 Å². The summed E-state index contributed by atoms with van der Waals surface area (Å²) < 4.78 is 17.5. The van der Waals surface area contributed by atoms with Crippen molar-refractivity contribution in [3.8, 4) is 11.3 Å². The van der Waals surface area contributed by atoms with Crippen LogP contribution in [0.4, 0.5) is 0 Å². The van der Waals surface area contributed by atoms with Crippen LogP contribution >= 0.6 is 0 Å². The van der Waals surface area contributed by atoms with Gasteiger partial charge in [0.25, 0.3) is 0 Å². The largest absolute Gasteiger partial charge is 0.494 e. The number of aromatic nitrogens is 2. The van der Waals surface area contributed by atoms with Gasteiger partial charge in [-0.15, -0.1) is 0 Å². The minimum atomic E-state index is -0.336. The van der Waals surface area contributed by atoms with Gasteiger partial charge in [-0.25, -0.2) is 4.98 Å². The van der Waals surface area contributed by atoms with Crippen LogP contribution in [-0.4, -0.2) is 48.5 Å². The van der Waals surface area contributed by atoms with Crippen molar-refractivity contribution in [1.29, 1.82) is 0 Å². The molecular formula is C21H30BN3O3. The Kier molecular flexibility index (Phi) is 5.12. The van der Waals surface area contributed by atoms with E-state index in [1.165, 1.54) is 0 Å². The Labute approximate surface area is 167 Å². The summed E-state index contributed by atoms with van der Waals surface area (Å²) in [6, 6.07) is 8.58. The fourth-order valence-electron chi connectivity index (χ4n) is 3.84. The Bertz CT molecular complexity index is 803. The van der Waals surface area contributed by atoms with Crippen molar-refractivity contribution < 1.29 is 14.0 Å². The molecule has 1 aromatic heterocycles. The van der Waals surface area contributed by atoms with E-state index in [0.717, 1.165) is 42.1 Å². The maximum absolute atomic E-state index is 6.14. The second-order valence-electron chi connectivity index (χ2n) is 8.91. The number of ether oxygens (including phenoxy) is 1. The number of aromatic amines is 1. The topological polar surface area (TPSA) is 68.4 Å². The van der Waals surface area contributed by atoms with Crippen LogP contribution in [0, 0.1) is 5.92 Å². The van der Waals surface area contributed by atoms with Crippen molar-refractivity contribution in [3.05, 3.63) is 36.3 Å². The number of hydrogen-bond acceptors (Lipinski definition) is 5. The lowest BCUT2D eigenvalue weighted by Gasteiger charge is -2.32. The minimum absolute atomic E-state index is 0.262. The number of hydrogen-bond donors (Lipinski definition) is 2. The van der Waals surface area contributed by atoms with Crippen molar-refractivity contribution >= 4 is 12.6 Å². The highest BCUT2D eigenvalue weighted by Crippen LogP contribution is 2.36. The maximum Gasteiger partial charge on any atom is 0.494 e. The van der Waals surface area contributed by atoms with Gasteiger partial charge in [0, 0.05) is 13.7 Å². The van der Waals surface area contributed by atoms with Crippen LogP contribution in [0.3, 0.4) is 0 Å². The van der Waals surface area contributed by atoms with Crippen molar-refractivity contribution in [1.82, 2.24) is 15.3 Å². The van der Waals surface area contributed by atoms with E-state index in [0.29, 0.717) is 5.92 Å². The molecule has 28 heavy (non-hydrogen) atoms. The molecule has 0 aliphatic carbocycles. The standard InChI is InChI=1S/C21H30BN3O3/c1-20(2)21(3,4)28-22(27-20)16-8-6-15(7-9-16)18-12-24-19(25-18)17-10-14(11-23-17)13-26-5/h6-9,12,14,17,23H,10-11,13H2,1-5H3,(H,24,25). The number of rotatable bonds is 5. The SMILES string of the molecule is COCC1CNC(c2ncc(-c3ccc(B4OC(C)(C)C(C)(C)O4)cc3)[nH]2)C1. The fourth-order valence-corrected chi connectivity index (χ4v) is 3.84. The molecule has 2 aromatic rings. The number of nitrogens with one attached hydrogen (secondary N) is 2. The molecule has 2 unspecified atom stereocenters. The smallest absolute Gasteiger partial charge is 0.399 e. The van der Waals surface area contributed by atoms with Crippen molar-refractivity contribution in [2.24, 2.45) is 5.92 Å². The summed E-state index contributed by atoms with van der Waals surface area (Å²) in [7, 11) is 1.42. The second kappa shape index (κ2) is 7.30. The Morgan fingerprint density at radius 3 is 2.46 bits per heavy atom. The quantitative estimate of drug-likeness (QED) is 0.778. The molecule has 2 aliphatic heterocycles. The Balaban J connectivity index is 1.45. The molecule has 6 nitrogen and oxygen atoms in total. The van der Waals surface area contributed by atoms with Gasteiger partial charge < -0.3 is 24.3 Å². The van der Waals surface area contributed by atoms with Crippen LogP contribution in [0.1, 0.15) is 46.0 Å². The average molecular weight is 383 g/mol. The van der Waals surface area contributed by atoms with Gasteiger partial charge in [-0.1, -0.05) is 24.3 Å². The molecular weight excluding hydrogens is 353 g/mol. The van der Waals surface area contributed by atoms with Crippen molar-refractivity contribution in [2.75, 3.05) is 20.3 Å². The van der Waals surface area contributed by atoms with Gasteiger partial charge in [0.2, 0.25) is 0 Å². The third kappa shape index (κ3) is 3.64. The van der Waals surface area contributed by atoms with Crippen molar-refractivity contribution in [2.45, 2.75) is 51.4 Å². The predicted molar refractivity (Wildman–Crippen MR) is 110 cm³/mol. The predicted octanol–water partition coefficient (Wildman–Crippen LogP) is 2.67. The van der Waals surface area contributed by atoms with Gasteiger partial charge in [0.1, 0.15) is 5.82 Å². The number of H-pyrrole nitrogens is 1. The molecule has 2 atom stereocenters. The summed E-state index contributed by atoms with van der Waals surface area (Å²) >= 11 is 0. The average Bonchev–Trinajstić information content (AvgIpc) is 3.34. The fraction of sp³-hybridized carbons (Fsp3) is 0.571. The minimum Gasteiger partial charge on any atom is -0.399 e. The molecule has 0 bridgehead atoms. The summed E-state index contributed by atoms with van der Waals surface area (Å²) in [6.45, 7) is 10.0. The molecule has 0 amide bonds. The Morgan fingerprint density at radius 1 is 1.14 bits per heavy atom. The highest BCUT2D eigenvalue weighted by Gasteiger charge is 2.51. The van der Waals surface area contributed by atoms with E-state index in [1.54, 1.807) is 7.11 Å². The lowest BCUT2D eigenvalue weighted by molar-refractivity contribution is 0.00578. The van der Waals surface area contributed by atoms with E-state index in [1.807, 2.05) is 6.20 Å². The van der Waals surface area contributed by atoms with Gasteiger partial charge in [0.05, 0.1) is 35.7 Å². The summed E-state index contributed by atoms with van der Waals surface area (Å²) in [5, 5.41) is 3.53. The van der Waals surface area contributed by atoms with Crippen LogP contribution in [0.15, 0.2) is 30.5 Å². The third-order valence-corrected chi connectivity index (χ3v) is 6.30. The van der Waals surface area contributed by atoms with Crippen LogP contribution < -0.4 is 10.8 Å². The van der Waals surface area contributed by atoms with Gasteiger partial charge in [0.15, 0.2) is 0 Å². The normalized spacial score (nSPS) is 26.1. The number of benzene rings is 1. The summed E-state index contributed by atoms with van der Waals surface area (Å²) in [5.41, 5.74) is 2.49. The number of imidazole rings is 1. The summed E-state index contributed by atoms with van der Waals surface area (Å²) in [5.74, 6) is 1.53. The van der Waals surface area contributed by atoms with Crippen LogP contribution in [0.5, 0.6) is 0 Å². The number of methoxy groups -OCH3 is 1. The van der Waals surface area contributed by atoms with Crippen LogP contribution in [0.25, 0.3) is 11.3 Å². The van der Waals surface area contributed by atoms with Gasteiger partial charge in [-0.05, 0) is 51.1 Å². The highest BCUT2D eigenvalue weighted by atomic mass is 16.7. The summed E-state index contributed by atoms with van der Waals surface area (Å²) in [6.07, 6.45) is 2.95. The van der Waals surface area contributed by atoms with E-state index < -0.39 is 0 Å². The van der Waals surface area contributed by atoms with Gasteiger partial charge >= 0.3 is 7.12 Å². The Morgan fingerprint density at radius 2 is 1.82 bits per heavy atom. The maximum atomic E-state index is 6.14. The molecule has 2 saturated heterocycles. The van der Waals surface area contributed by atoms with Gasteiger partial charge in [-0.3, -0.25) is 0 Å². The molecule has 2 N–H and O–H groups in total. The zero-order chi connectivity index (χ0) is 19.9. The monoisotopic (exact) mass is 383 g/mol.